The molecule has 164 valence electrons. The van der Waals surface area contributed by atoms with Gasteiger partial charge in [0.2, 0.25) is 5.88 Å². The lowest BCUT2D eigenvalue weighted by atomic mass is 9.83. The maximum atomic E-state index is 14.5. The highest BCUT2D eigenvalue weighted by atomic mass is 19.1. The molecule has 5 rings (SSSR count). The molecule has 0 spiro atoms. The number of nitrogens with zero attached hydrogens (tertiary/aromatic N) is 3. The third kappa shape index (κ3) is 3.43. The summed E-state index contributed by atoms with van der Waals surface area (Å²) in [5, 5.41) is 20.3. The van der Waals surface area contributed by atoms with Crippen molar-refractivity contribution in [1.29, 1.82) is 5.41 Å². The zero-order valence-electron chi connectivity index (χ0n) is 17.3. The van der Waals surface area contributed by atoms with Crippen LogP contribution in [0.25, 0.3) is 5.69 Å². The van der Waals surface area contributed by atoms with Gasteiger partial charge in [-0.2, -0.15) is 0 Å². The zero-order valence-corrected chi connectivity index (χ0v) is 17.3. The lowest BCUT2D eigenvalue weighted by Gasteiger charge is -2.28. The predicted octanol–water partition coefficient (Wildman–Crippen LogP) is 5.13. The molecule has 1 aromatic heterocycles. The lowest BCUT2D eigenvalue weighted by Crippen LogP contribution is -2.29. The molecule has 0 saturated carbocycles. The molecule has 7 nitrogen and oxygen atoms in total. The number of nitro benzene ring substituents is 1. The van der Waals surface area contributed by atoms with Crippen LogP contribution in [-0.4, -0.2) is 14.5 Å². The van der Waals surface area contributed by atoms with E-state index in [4.69, 9.17) is 10.1 Å². The summed E-state index contributed by atoms with van der Waals surface area (Å²) in [6.07, 6.45) is 1.24. The van der Waals surface area contributed by atoms with Gasteiger partial charge in [-0.05, 0) is 36.2 Å². The molecule has 1 aliphatic heterocycles. The number of hydrogen-bond acceptors (Lipinski definition) is 5. The second-order valence-corrected chi connectivity index (χ2v) is 7.71. The van der Waals surface area contributed by atoms with Crippen molar-refractivity contribution < 1.29 is 18.4 Å². The van der Waals surface area contributed by atoms with E-state index in [0.29, 0.717) is 22.4 Å². The van der Waals surface area contributed by atoms with Gasteiger partial charge in [-0.15, -0.1) is 0 Å². The highest BCUT2D eigenvalue weighted by Gasteiger charge is 2.33. The van der Waals surface area contributed by atoms with E-state index >= 15 is 0 Å². The number of nitro groups is 1. The molecule has 1 aliphatic rings. The van der Waals surface area contributed by atoms with Crippen LogP contribution < -0.4 is 10.2 Å². The number of hydrogen-bond donors (Lipinski definition) is 1. The highest BCUT2D eigenvalue weighted by molar-refractivity contribution is 5.58. The van der Waals surface area contributed by atoms with Gasteiger partial charge in [-0.25, -0.2) is 13.8 Å². The molecular weight excluding hydrogens is 430 g/mol. The van der Waals surface area contributed by atoms with E-state index in [1.807, 2.05) is 25.1 Å². The average molecular weight is 446 g/mol. The van der Waals surface area contributed by atoms with Crippen molar-refractivity contribution in [3.63, 3.8) is 0 Å². The maximum Gasteiger partial charge on any atom is 0.269 e. The van der Waals surface area contributed by atoms with Gasteiger partial charge in [0.05, 0.1) is 16.2 Å². The van der Waals surface area contributed by atoms with Crippen LogP contribution >= 0.6 is 0 Å². The number of ether oxygens (including phenoxy) is 1. The number of aromatic nitrogens is 2. The minimum atomic E-state index is -0.852. The second-order valence-electron chi connectivity index (χ2n) is 7.71. The van der Waals surface area contributed by atoms with E-state index in [1.165, 1.54) is 29.1 Å². The monoisotopic (exact) mass is 446 g/mol. The Morgan fingerprint density at radius 2 is 1.94 bits per heavy atom. The highest BCUT2D eigenvalue weighted by Crippen LogP contribution is 2.45. The Hall–Kier alpha value is -4.40. The fourth-order valence-electron chi connectivity index (χ4n) is 4.06. The predicted molar refractivity (Wildman–Crippen MR) is 115 cm³/mol. The van der Waals surface area contributed by atoms with Crippen LogP contribution in [0.5, 0.6) is 11.6 Å². The topological polar surface area (TPSA) is 94.0 Å². The summed E-state index contributed by atoms with van der Waals surface area (Å²) < 4.78 is 35.1. The van der Waals surface area contributed by atoms with E-state index in [1.54, 1.807) is 12.1 Å². The average Bonchev–Trinajstić information content (AvgIpc) is 2.78. The quantitative estimate of drug-likeness (QED) is 0.307. The number of halogens is 2. The fraction of sp³-hybridized carbons (Fsp3) is 0.0833. The summed E-state index contributed by atoms with van der Waals surface area (Å²) in [6, 6.07) is 14.7. The summed E-state index contributed by atoms with van der Waals surface area (Å²) >= 11 is 0. The van der Waals surface area contributed by atoms with Crippen molar-refractivity contribution >= 4 is 5.69 Å². The molecule has 0 saturated heterocycles. The first-order valence-electron chi connectivity index (χ1n) is 9.98. The van der Waals surface area contributed by atoms with Crippen LogP contribution in [0.1, 0.15) is 28.2 Å². The normalized spacial score (nSPS) is 14.2. The number of nitrogens with one attached hydrogen (secondary N) is 1. The molecule has 33 heavy (non-hydrogen) atoms. The van der Waals surface area contributed by atoms with E-state index < -0.39 is 22.5 Å². The summed E-state index contributed by atoms with van der Waals surface area (Å²) in [6.45, 7) is 1.90. The number of rotatable bonds is 3. The van der Waals surface area contributed by atoms with Crippen molar-refractivity contribution in [3.8, 4) is 17.3 Å². The third-order valence-electron chi connectivity index (χ3n) is 5.58. The summed E-state index contributed by atoms with van der Waals surface area (Å²) in [5.41, 5.74) is 2.24. The molecule has 1 N–H and O–H groups in total. The first kappa shape index (κ1) is 20.5. The van der Waals surface area contributed by atoms with Crippen LogP contribution in [0.15, 0.2) is 67.0 Å². The Labute approximate surface area is 186 Å². The Bertz CT molecular complexity index is 1500. The molecule has 0 amide bonds. The van der Waals surface area contributed by atoms with Crippen LogP contribution in [0, 0.1) is 34.1 Å². The summed E-state index contributed by atoms with van der Waals surface area (Å²) in [5.74, 6) is -1.54. The van der Waals surface area contributed by atoms with Gasteiger partial charge in [0.1, 0.15) is 29.2 Å². The minimum absolute atomic E-state index is 0.0517. The summed E-state index contributed by atoms with van der Waals surface area (Å²) in [7, 11) is 0. The third-order valence-corrected chi connectivity index (χ3v) is 5.58. The molecule has 1 atom stereocenters. The number of aryl methyl sites for hydroxylation is 1. The first-order chi connectivity index (χ1) is 15.8. The molecular formula is C24H16F2N4O3. The molecule has 9 heteroatoms. The van der Waals surface area contributed by atoms with Gasteiger partial charge >= 0.3 is 0 Å². The Balaban J connectivity index is 1.79. The van der Waals surface area contributed by atoms with Gasteiger partial charge in [-0.1, -0.05) is 24.3 Å². The van der Waals surface area contributed by atoms with Gasteiger partial charge in [0.15, 0.2) is 0 Å². The van der Waals surface area contributed by atoms with Gasteiger partial charge < -0.3 is 4.74 Å². The van der Waals surface area contributed by atoms with Crippen molar-refractivity contribution in [2.75, 3.05) is 0 Å². The van der Waals surface area contributed by atoms with Crippen LogP contribution in [0.3, 0.4) is 0 Å². The van der Waals surface area contributed by atoms with Crippen molar-refractivity contribution in [3.05, 3.63) is 116 Å². The number of fused-ring (bicyclic) bond motifs is 2. The van der Waals surface area contributed by atoms with Gasteiger partial charge in [0.25, 0.3) is 5.69 Å². The van der Waals surface area contributed by atoms with Crippen molar-refractivity contribution in [2.45, 2.75) is 12.8 Å². The maximum absolute atomic E-state index is 14.5. The number of benzene rings is 3. The van der Waals surface area contributed by atoms with Gasteiger partial charge in [-0.3, -0.25) is 20.1 Å². The van der Waals surface area contributed by atoms with Crippen LogP contribution in [-0.2, 0) is 0 Å². The Morgan fingerprint density at radius 1 is 1.12 bits per heavy atom. The Kier molecular flexibility index (Phi) is 4.74. The smallest absolute Gasteiger partial charge is 0.269 e. The van der Waals surface area contributed by atoms with E-state index in [0.717, 1.165) is 17.7 Å². The minimum Gasteiger partial charge on any atom is -0.438 e. The molecule has 0 aliphatic carbocycles. The Morgan fingerprint density at radius 3 is 2.70 bits per heavy atom. The molecule has 3 aromatic carbocycles. The number of non-ortho nitro benzene ring substituents is 1. The largest absolute Gasteiger partial charge is 0.438 e. The van der Waals surface area contributed by atoms with E-state index in [2.05, 4.69) is 4.98 Å². The second kappa shape index (κ2) is 7.63. The van der Waals surface area contributed by atoms with E-state index in [9.17, 15) is 18.9 Å². The van der Waals surface area contributed by atoms with E-state index in [-0.39, 0.29) is 22.7 Å². The fourth-order valence-corrected chi connectivity index (χ4v) is 4.06. The molecule has 0 radical (unpaired) electrons. The molecule has 1 unspecified atom stereocenters. The van der Waals surface area contributed by atoms with Crippen molar-refractivity contribution in [1.82, 2.24) is 9.55 Å². The van der Waals surface area contributed by atoms with Crippen LogP contribution in [0.2, 0.25) is 0 Å². The molecule has 0 fully saturated rings. The zero-order chi connectivity index (χ0) is 23.3. The summed E-state index contributed by atoms with van der Waals surface area (Å²) in [4.78, 5) is 15.2. The molecule has 2 heterocycles. The lowest BCUT2D eigenvalue weighted by molar-refractivity contribution is -0.384. The SMILES string of the molecule is Cc1ccc2c(c1)Oc1ncn(-c3ccc(F)cc3F)c(=N)c1C2c1cccc([N+](=O)[O-])c1. The standard InChI is InChI=1S/C24H16F2N4O3/c1-13-5-7-17-20(9-13)33-24-22(21(17)14-3-2-4-16(10-14)30(31)32)23(27)29(12-28-24)19-8-6-15(25)11-18(19)26/h2-12,21,27H,1H3. The first-order valence-corrected chi connectivity index (χ1v) is 9.98. The molecule has 4 aromatic rings. The molecule has 0 bridgehead atoms. The van der Waals surface area contributed by atoms with Crippen molar-refractivity contribution in [2.24, 2.45) is 0 Å². The van der Waals surface area contributed by atoms with Crippen LogP contribution in [0.4, 0.5) is 14.5 Å². The van der Waals surface area contributed by atoms with Gasteiger partial charge in [0, 0.05) is 29.7 Å².